The van der Waals surface area contributed by atoms with Crippen molar-refractivity contribution in [3.63, 3.8) is 0 Å². The van der Waals surface area contributed by atoms with Crippen molar-refractivity contribution < 1.29 is 27.9 Å². The van der Waals surface area contributed by atoms with Gasteiger partial charge in [0.2, 0.25) is 5.60 Å². The molecule has 0 bridgehead atoms. The summed E-state index contributed by atoms with van der Waals surface area (Å²) in [7, 11) is 3.32. The van der Waals surface area contributed by atoms with E-state index in [0.717, 1.165) is 4.90 Å². The monoisotopic (exact) mass is 376 g/mol. The summed E-state index contributed by atoms with van der Waals surface area (Å²) >= 11 is 0. The van der Waals surface area contributed by atoms with E-state index < -0.39 is 17.7 Å². The number of aromatic nitrogens is 2. The Morgan fingerprint density at radius 1 is 1.38 bits per heavy atom. The molecule has 26 heavy (non-hydrogen) atoms. The molecule has 1 aromatic heterocycles. The highest BCUT2D eigenvalue weighted by Gasteiger charge is 2.57. The van der Waals surface area contributed by atoms with Gasteiger partial charge in [-0.15, -0.1) is 0 Å². The predicted molar refractivity (Wildman–Crippen MR) is 86.1 cm³/mol. The van der Waals surface area contributed by atoms with Crippen LogP contribution in [0.4, 0.5) is 13.2 Å². The zero-order chi connectivity index (χ0) is 19.9. The molecule has 1 aliphatic rings. The standard InChI is InChI=1S/C16H23F3N4O3/c1-10-8-23(14(25)15(2,26)16(17,18)19)6-5-12(10)22(4)13(24)11-7-20-21(3)9-11/h7,9-10,12,26H,5-6,8H2,1-4H3/t10-,12+,15?/m0/s1. The number of alkyl halides is 3. The maximum absolute atomic E-state index is 12.9. The van der Waals surface area contributed by atoms with Gasteiger partial charge in [-0.1, -0.05) is 6.92 Å². The smallest absolute Gasteiger partial charge is 0.373 e. The summed E-state index contributed by atoms with van der Waals surface area (Å²) in [6.45, 7) is 2.29. The Balaban J connectivity index is 2.06. The number of piperidine rings is 1. The Kier molecular flexibility index (Phi) is 5.36. The fraction of sp³-hybridized carbons (Fsp3) is 0.688. The van der Waals surface area contributed by atoms with Gasteiger partial charge >= 0.3 is 6.18 Å². The van der Waals surface area contributed by atoms with E-state index in [1.54, 1.807) is 27.2 Å². The number of hydrogen-bond donors (Lipinski definition) is 1. The van der Waals surface area contributed by atoms with E-state index in [1.165, 1.54) is 15.8 Å². The molecule has 10 heteroatoms. The van der Waals surface area contributed by atoms with Gasteiger partial charge in [-0.2, -0.15) is 18.3 Å². The number of aliphatic hydroxyl groups is 1. The summed E-state index contributed by atoms with van der Waals surface area (Å²) in [5.41, 5.74) is -3.00. The van der Waals surface area contributed by atoms with Crippen LogP contribution in [0.2, 0.25) is 0 Å². The van der Waals surface area contributed by atoms with Crippen LogP contribution in [0.15, 0.2) is 12.4 Å². The van der Waals surface area contributed by atoms with E-state index in [0.29, 0.717) is 18.9 Å². The minimum absolute atomic E-state index is 0.0282. The van der Waals surface area contributed by atoms with E-state index in [9.17, 15) is 27.9 Å². The van der Waals surface area contributed by atoms with Crippen molar-refractivity contribution in [2.45, 2.75) is 38.1 Å². The molecule has 2 rings (SSSR count). The summed E-state index contributed by atoms with van der Waals surface area (Å²) in [6.07, 6.45) is -1.69. The van der Waals surface area contributed by atoms with Gasteiger partial charge in [-0.05, 0) is 19.3 Å². The number of carbonyl (C=O) groups excluding carboxylic acids is 2. The molecular weight excluding hydrogens is 353 g/mol. The summed E-state index contributed by atoms with van der Waals surface area (Å²) in [5, 5.41) is 13.5. The zero-order valence-corrected chi connectivity index (χ0v) is 15.1. The first kappa shape index (κ1) is 20.2. The normalized spacial score (nSPS) is 23.5. The van der Waals surface area contributed by atoms with Crippen molar-refractivity contribution in [1.82, 2.24) is 19.6 Å². The van der Waals surface area contributed by atoms with Crippen LogP contribution in [-0.2, 0) is 11.8 Å². The number of amides is 2. The van der Waals surface area contributed by atoms with Gasteiger partial charge in [0.15, 0.2) is 0 Å². The number of carbonyl (C=O) groups is 2. The Hall–Kier alpha value is -2.10. The van der Waals surface area contributed by atoms with Crippen LogP contribution >= 0.6 is 0 Å². The highest BCUT2D eigenvalue weighted by Crippen LogP contribution is 2.33. The lowest BCUT2D eigenvalue weighted by molar-refractivity contribution is -0.251. The Labute approximate surface area is 149 Å². The van der Waals surface area contributed by atoms with E-state index in [4.69, 9.17) is 0 Å². The van der Waals surface area contributed by atoms with Gasteiger partial charge < -0.3 is 14.9 Å². The second-order valence-electron chi connectivity index (χ2n) is 6.97. The molecule has 1 saturated heterocycles. The summed E-state index contributed by atoms with van der Waals surface area (Å²) in [4.78, 5) is 27.2. The molecule has 0 radical (unpaired) electrons. The third-order valence-electron chi connectivity index (χ3n) is 4.89. The van der Waals surface area contributed by atoms with E-state index >= 15 is 0 Å². The molecular formula is C16H23F3N4O3. The van der Waals surface area contributed by atoms with Crippen molar-refractivity contribution in [2.75, 3.05) is 20.1 Å². The van der Waals surface area contributed by atoms with Gasteiger partial charge in [0.25, 0.3) is 11.8 Å². The molecule has 0 aliphatic carbocycles. The number of rotatable bonds is 3. The van der Waals surface area contributed by atoms with Gasteiger partial charge in [0, 0.05) is 39.4 Å². The molecule has 0 spiro atoms. The molecule has 1 unspecified atom stereocenters. The average molecular weight is 376 g/mol. The van der Waals surface area contributed by atoms with Crippen LogP contribution in [0.5, 0.6) is 0 Å². The number of halogens is 3. The molecule has 1 aliphatic heterocycles. The second-order valence-corrected chi connectivity index (χ2v) is 6.97. The molecule has 146 valence electrons. The highest BCUT2D eigenvalue weighted by atomic mass is 19.4. The topological polar surface area (TPSA) is 78.7 Å². The molecule has 1 aromatic rings. The third-order valence-corrected chi connectivity index (χ3v) is 4.89. The number of hydrogen-bond acceptors (Lipinski definition) is 4. The third kappa shape index (κ3) is 3.69. The van der Waals surface area contributed by atoms with Crippen LogP contribution < -0.4 is 0 Å². The van der Waals surface area contributed by atoms with Crippen molar-refractivity contribution in [3.05, 3.63) is 18.0 Å². The van der Waals surface area contributed by atoms with Gasteiger partial charge in [-0.3, -0.25) is 14.3 Å². The quantitative estimate of drug-likeness (QED) is 0.855. The van der Waals surface area contributed by atoms with Crippen LogP contribution in [-0.4, -0.2) is 74.5 Å². The van der Waals surface area contributed by atoms with E-state index in [2.05, 4.69) is 5.10 Å². The zero-order valence-electron chi connectivity index (χ0n) is 15.1. The lowest BCUT2D eigenvalue weighted by Gasteiger charge is -2.43. The molecule has 0 aromatic carbocycles. The SMILES string of the molecule is C[C@H]1CN(C(=O)C(C)(O)C(F)(F)F)CC[C@H]1N(C)C(=O)c1cnn(C)c1. The fourth-order valence-corrected chi connectivity index (χ4v) is 3.21. The molecule has 7 nitrogen and oxygen atoms in total. The highest BCUT2D eigenvalue weighted by molar-refractivity contribution is 5.93. The maximum Gasteiger partial charge on any atom is 0.426 e. The van der Waals surface area contributed by atoms with Crippen LogP contribution in [0, 0.1) is 5.92 Å². The molecule has 2 heterocycles. The Morgan fingerprint density at radius 3 is 2.46 bits per heavy atom. The van der Waals surface area contributed by atoms with Crippen molar-refractivity contribution in [2.24, 2.45) is 13.0 Å². The van der Waals surface area contributed by atoms with Crippen molar-refractivity contribution in [1.29, 1.82) is 0 Å². The number of aryl methyl sites for hydroxylation is 1. The number of nitrogens with zero attached hydrogens (tertiary/aromatic N) is 4. The number of likely N-dealkylation sites (tertiary alicyclic amines) is 1. The van der Waals surface area contributed by atoms with Crippen LogP contribution in [0.3, 0.4) is 0 Å². The van der Waals surface area contributed by atoms with Gasteiger partial charge in [0.05, 0.1) is 11.8 Å². The Bertz CT molecular complexity index is 687. The first-order valence-corrected chi connectivity index (χ1v) is 8.20. The van der Waals surface area contributed by atoms with Gasteiger partial charge in [-0.25, -0.2) is 0 Å². The largest absolute Gasteiger partial charge is 0.426 e. The van der Waals surface area contributed by atoms with Crippen molar-refractivity contribution >= 4 is 11.8 Å². The predicted octanol–water partition coefficient (Wildman–Crippen LogP) is 1.04. The van der Waals surface area contributed by atoms with Crippen LogP contribution in [0.1, 0.15) is 30.6 Å². The van der Waals surface area contributed by atoms with Crippen LogP contribution in [0.25, 0.3) is 0 Å². The minimum atomic E-state index is -5.04. The maximum atomic E-state index is 12.9. The molecule has 1 fully saturated rings. The molecule has 1 N–H and O–H groups in total. The fourth-order valence-electron chi connectivity index (χ4n) is 3.21. The minimum Gasteiger partial charge on any atom is -0.373 e. The first-order valence-electron chi connectivity index (χ1n) is 8.20. The molecule has 2 amide bonds. The molecule has 0 saturated carbocycles. The first-order chi connectivity index (χ1) is 11.9. The van der Waals surface area contributed by atoms with Crippen molar-refractivity contribution in [3.8, 4) is 0 Å². The summed E-state index contributed by atoms with van der Waals surface area (Å²) in [6, 6.07) is -0.234. The van der Waals surface area contributed by atoms with Gasteiger partial charge in [0.1, 0.15) is 0 Å². The molecule has 3 atom stereocenters. The second kappa shape index (κ2) is 6.90. The summed E-state index contributed by atoms with van der Waals surface area (Å²) < 4.78 is 40.1. The average Bonchev–Trinajstić information content (AvgIpc) is 2.98. The van der Waals surface area contributed by atoms with E-state index in [-0.39, 0.29) is 31.0 Å². The lowest BCUT2D eigenvalue weighted by Crippen LogP contribution is -2.60. The lowest BCUT2D eigenvalue weighted by atomic mass is 9.91. The Morgan fingerprint density at radius 2 is 2.00 bits per heavy atom. The van der Waals surface area contributed by atoms with E-state index in [1.807, 2.05) is 0 Å². The summed E-state index contributed by atoms with van der Waals surface area (Å²) in [5.74, 6) is -1.85.